The van der Waals surface area contributed by atoms with Gasteiger partial charge in [0.2, 0.25) is 10.0 Å². The Hall–Kier alpha value is -2.35. The Morgan fingerprint density at radius 3 is 2.50 bits per heavy atom. The molecule has 1 aromatic carbocycles. The lowest BCUT2D eigenvalue weighted by Gasteiger charge is -2.07. The first-order valence-electron chi connectivity index (χ1n) is 5.70. The summed E-state index contributed by atoms with van der Waals surface area (Å²) in [5.74, 6) is -0.969. The predicted molar refractivity (Wildman–Crippen MR) is 73.0 cm³/mol. The number of aromatic carboxylic acids is 1. The van der Waals surface area contributed by atoms with Crippen molar-refractivity contribution < 1.29 is 18.3 Å². The van der Waals surface area contributed by atoms with E-state index in [9.17, 15) is 13.2 Å². The number of aromatic amines is 1. The van der Waals surface area contributed by atoms with Gasteiger partial charge < -0.3 is 5.11 Å². The Morgan fingerprint density at radius 1 is 1.35 bits per heavy atom. The van der Waals surface area contributed by atoms with Gasteiger partial charge in [0.15, 0.2) is 0 Å². The Bertz CT molecular complexity index is 719. The molecule has 2 aromatic rings. The van der Waals surface area contributed by atoms with Gasteiger partial charge in [-0.05, 0) is 24.6 Å². The van der Waals surface area contributed by atoms with Crippen molar-refractivity contribution in [2.45, 2.75) is 12.7 Å². The van der Waals surface area contributed by atoms with Gasteiger partial charge in [-0.25, -0.2) is 13.2 Å². The number of carboxylic acids is 1. The number of nitrogens with zero attached hydrogens (tertiary/aromatic N) is 1. The first kappa shape index (κ1) is 14.1. The van der Waals surface area contributed by atoms with E-state index in [1.807, 2.05) is 0 Å². The summed E-state index contributed by atoms with van der Waals surface area (Å²) >= 11 is 0. The summed E-state index contributed by atoms with van der Waals surface area (Å²) in [5, 5.41) is 15.0. The fourth-order valence-electron chi connectivity index (χ4n) is 1.60. The van der Waals surface area contributed by atoms with Crippen molar-refractivity contribution in [3.05, 3.63) is 47.2 Å². The third-order valence-electron chi connectivity index (χ3n) is 2.64. The number of H-pyrrole nitrogens is 1. The van der Waals surface area contributed by atoms with Crippen molar-refractivity contribution in [2.24, 2.45) is 0 Å². The van der Waals surface area contributed by atoms with Crippen LogP contribution in [0.5, 0.6) is 0 Å². The highest BCUT2D eigenvalue weighted by Crippen LogP contribution is 2.14. The van der Waals surface area contributed by atoms with E-state index in [4.69, 9.17) is 5.11 Å². The van der Waals surface area contributed by atoms with Crippen molar-refractivity contribution >= 4 is 21.8 Å². The number of nitrogens with one attached hydrogen (secondary N) is 2. The lowest BCUT2D eigenvalue weighted by molar-refractivity contribution is 0.0697. The highest BCUT2D eigenvalue weighted by atomic mass is 32.2. The molecule has 2 rings (SSSR count). The summed E-state index contributed by atoms with van der Waals surface area (Å²) in [5.41, 5.74) is 1.30. The van der Waals surface area contributed by atoms with Crippen molar-refractivity contribution in [1.29, 1.82) is 0 Å². The zero-order valence-corrected chi connectivity index (χ0v) is 11.4. The first-order chi connectivity index (χ1) is 9.37. The Kier molecular flexibility index (Phi) is 3.75. The number of hydrogen-bond donors (Lipinski definition) is 3. The molecule has 0 unspecified atom stereocenters. The second-order valence-corrected chi connectivity index (χ2v) is 6.01. The molecule has 20 heavy (non-hydrogen) atoms. The van der Waals surface area contributed by atoms with Gasteiger partial charge in [-0.2, -0.15) is 5.10 Å². The fraction of sp³-hybridized carbons (Fsp3) is 0.167. The van der Waals surface area contributed by atoms with Crippen molar-refractivity contribution in [2.75, 3.05) is 4.72 Å². The minimum atomic E-state index is -3.58. The second kappa shape index (κ2) is 5.33. The number of aryl methyl sites for hydroxylation is 1. The number of carboxylic acid groups (broad SMARTS) is 1. The van der Waals surface area contributed by atoms with Crippen LogP contribution >= 0.6 is 0 Å². The molecule has 0 fully saturated rings. The molecule has 0 aliphatic rings. The molecule has 8 heteroatoms. The average Bonchev–Trinajstić information content (AvgIpc) is 2.74. The number of aromatic nitrogens is 2. The molecule has 0 atom stereocenters. The standard InChI is InChI=1S/C12H13N3O4S/c1-8-6-13-14-11(8)15-20(18,19)7-9-2-4-10(5-3-9)12(16)17/h2-6H,7H2,1H3,(H,16,17)(H2,13,14,15). The average molecular weight is 295 g/mol. The first-order valence-corrected chi connectivity index (χ1v) is 7.35. The van der Waals surface area contributed by atoms with Crippen LogP contribution in [0.15, 0.2) is 30.5 Å². The van der Waals surface area contributed by atoms with Gasteiger partial charge in [-0.15, -0.1) is 0 Å². The molecule has 0 radical (unpaired) electrons. The fourth-order valence-corrected chi connectivity index (χ4v) is 2.83. The quantitative estimate of drug-likeness (QED) is 0.771. The highest BCUT2D eigenvalue weighted by molar-refractivity contribution is 7.91. The maximum Gasteiger partial charge on any atom is 0.335 e. The SMILES string of the molecule is Cc1cn[nH]c1NS(=O)(=O)Cc1ccc(C(=O)O)cc1. The molecular formula is C12H13N3O4S. The second-order valence-electron chi connectivity index (χ2n) is 4.29. The van der Waals surface area contributed by atoms with Crippen LogP contribution < -0.4 is 4.72 Å². The molecule has 7 nitrogen and oxygen atoms in total. The van der Waals surface area contributed by atoms with Crippen LogP contribution in [0.2, 0.25) is 0 Å². The molecular weight excluding hydrogens is 282 g/mol. The molecule has 3 N–H and O–H groups in total. The van der Waals surface area contributed by atoms with Crippen LogP contribution in [0.1, 0.15) is 21.5 Å². The van der Waals surface area contributed by atoms with Crippen LogP contribution in [0.3, 0.4) is 0 Å². The molecule has 0 bridgehead atoms. The van der Waals surface area contributed by atoms with E-state index in [-0.39, 0.29) is 11.3 Å². The number of rotatable bonds is 5. The van der Waals surface area contributed by atoms with Gasteiger partial charge in [-0.1, -0.05) is 12.1 Å². The highest BCUT2D eigenvalue weighted by Gasteiger charge is 2.14. The lowest BCUT2D eigenvalue weighted by Crippen LogP contribution is -2.16. The van der Waals surface area contributed by atoms with E-state index in [1.54, 1.807) is 6.92 Å². The van der Waals surface area contributed by atoms with Gasteiger partial charge in [0.05, 0.1) is 17.5 Å². The summed E-state index contributed by atoms with van der Waals surface area (Å²) in [6.07, 6.45) is 1.51. The minimum absolute atomic E-state index is 0.114. The molecule has 106 valence electrons. The van der Waals surface area contributed by atoms with Gasteiger partial charge in [-0.3, -0.25) is 9.82 Å². The van der Waals surface area contributed by atoms with Crippen LogP contribution in [0, 0.1) is 6.92 Å². The molecule has 0 saturated carbocycles. The van der Waals surface area contributed by atoms with Crippen molar-refractivity contribution in [3.63, 3.8) is 0 Å². The number of carbonyl (C=O) groups is 1. The Labute approximate surface area is 115 Å². The predicted octanol–water partition coefficient (Wildman–Crippen LogP) is 1.36. The van der Waals surface area contributed by atoms with Crippen LogP contribution in [-0.2, 0) is 15.8 Å². The summed E-state index contributed by atoms with van der Waals surface area (Å²) in [6, 6.07) is 5.69. The van der Waals surface area contributed by atoms with Crippen LogP contribution in [0.4, 0.5) is 5.82 Å². The van der Waals surface area contributed by atoms with E-state index in [2.05, 4.69) is 14.9 Å². The summed E-state index contributed by atoms with van der Waals surface area (Å²) in [4.78, 5) is 10.7. The van der Waals surface area contributed by atoms with E-state index in [1.165, 1.54) is 30.5 Å². The number of sulfonamides is 1. The van der Waals surface area contributed by atoms with Gasteiger partial charge in [0, 0.05) is 5.56 Å². The number of anilines is 1. The normalized spacial score (nSPS) is 11.2. The number of hydrogen-bond acceptors (Lipinski definition) is 4. The molecule has 0 amide bonds. The maximum atomic E-state index is 12.0. The molecule has 1 aromatic heterocycles. The monoisotopic (exact) mass is 295 g/mol. The molecule has 0 spiro atoms. The zero-order valence-electron chi connectivity index (χ0n) is 10.6. The molecule has 1 heterocycles. The van der Waals surface area contributed by atoms with E-state index < -0.39 is 16.0 Å². The van der Waals surface area contributed by atoms with Crippen molar-refractivity contribution in [3.8, 4) is 0 Å². The third-order valence-corrected chi connectivity index (χ3v) is 3.87. The number of benzene rings is 1. The van der Waals surface area contributed by atoms with Crippen LogP contribution in [-0.4, -0.2) is 29.7 Å². The third kappa shape index (κ3) is 3.35. The Balaban J connectivity index is 2.12. The molecule has 0 saturated heterocycles. The minimum Gasteiger partial charge on any atom is -0.478 e. The van der Waals surface area contributed by atoms with Crippen LogP contribution in [0.25, 0.3) is 0 Å². The topological polar surface area (TPSA) is 112 Å². The summed E-state index contributed by atoms with van der Waals surface area (Å²) in [7, 11) is -3.58. The van der Waals surface area contributed by atoms with Gasteiger partial charge in [0.1, 0.15) is 5.82 Å². The lowest BCUT2D eigenvalue weighted by atomic mass is 10.1. The summed E-state index contributed by atoms with van der Waals surface area (Å²) in [6.45, 7) is 1.73. The van der Waals surface area contributed by atoms with E-state index in [0.29, 0.717) is 16.9 Å². The Morgan fingerprint density at radius 2 is 2.00 bits per heavy atom. The van der Waals surface area contributed by atoms with Gasteiger partial charge in [0.25, 0.3) is 0 Å². The van der Waals surface area contributed by atoms with E-state index in [0.717, 1.165) is 0 Å². The molecule has 0 aliphatic carbocycles. The van der Waals surface area contributed by atoms with Crippen molar-refractivity contribution in [1.82, 2.24) is 10.2 Å². The smallest absolute Gasteiger partial charge is 0.335 e. The summed E-state index contributed by atoms with van der Waals surface area (Å²) < 4.78 is 26.3. The largest absolute Gasteiger partial charge is 0.478 e. The molecule has 0 aliphatic heterocycles. The van der Waals surface area contributed by atoms with Gasteiger partial charge >= 0.3 is 5.97 Å². The van der Waals surface area contributed by atoms with E-state index >= 15 is 0 Å². The zero-order chi connectivity index (χ0) is 14.8. The maximum absolute atomic E-state index is 12.0.